The molecular weight excluding hydrogens is 424 g/mol. The third kappa shape index (κ3) is 4.08. The Morgan fingerprint density at radius 3 is 2.56 bits per heavy atom. The molecule has 1 amide bonds. The molecule has 0 bridgehead atoms. The van der Waals surface area contributed by atoms with Crippen LogP contribution in [0.5, 0.6) is 5.75 Å². The molecule has 0 N–H and O–H groups in total. The molecule has 2 aromatic carbocycles. The zero-order valence-corrected chi connectivity index (χ0v) is 20.7. The number of anilines is 1. The maximum atomic E-state index is 13.2. The molecular formula is C29H34N2O3. The summed E-state index contributed by atoms with van der Waals surface area (Å²) in [6.45, 7) is 9.32. The number of nitrogens with zero attached hydrogens (tertiary/aromatic N) is 2. The Labute approximate surface area is 202 Å². The smallest absolute Gasteiger partial charge is 0.246 e. The van der Waals surface area contributed by atoms with Crippen LogP contribution in [-0.2, 0) is 17.6 Å². The number of carbonyl (C=O) groups excluding carboxylic acids is 1. The monoisotopic (exact) mass is 458 g/mol. The van der Waals surface area contributed by atoms with E-state index in [1.54, 1.807) is 13.2 Å². The van der Waals surface area contributed by atoms with Gasteiger partial charge in [-0.1, -0.05) is 12.1 Å². The number of ether oxygens (including phenoxy) is 1. The zero-order valence-electron chi connectivity index (χ0n) is 20.7. The van der Waals surface area contributed by atoms with Crippen molar-refractivity contribution in [2.45, 2.75) is 46.5 Å². The van der Waals surface area contributed by atoms with Crippen LogP contribution in [0.2, 0.25) is 0 Å². The van der Waals surface area contributed by atoms with Crippen molar-refractivity contribution in [1.82, 2.24) is 4.90 Å². The molecule has 34 heavy (non-hydrogen) atoms. The van der Waals surface area contributed by atoms with Crippen LogP contribution in [0.25, 0.3) is 16.5 Å². The third-order valence-electron chi connectivity index (χ3n) is 7.35. The zero-order chi connectivity index (χ0) is 23.8. The standard InChI is InChI=1S/C29H34N2O3/c1-19-8-7-9-22(16-19)30-12-14-31(15-13-30)27(32)17-20(2)24-18-25-23-10-5-6-11-26(23)34-29(25)21(3)28(24)33-4/h7-9,16-18H,5-6,10-15H2,1-4H3/b20-17+. The third-order valence-corrected chi connectivity index (χ3v) is 7.35. The lowest BCUT2D eigenvalue weighted by atomic mass is 9.93. The minimum Gasteiger partial charge on any atom is -0.496 e. The quantitative estimate of drug-likeness (QED) is 0.471. The van der Waals surface area contributed by atoms with E-state index in [0.717, 1.165) is 72.8 Å². The fourth-order valence-electron chi connectivity index (χ4n) is 5.46. The summed E-state index contributed by atoms with van der Waals surface area (Å²) in [4.78, 5) is 17.5. The van der Waals surface area contributed by atoms with Crippen molar-refractivity contribution in [2.24, 2.45) is 0 Å². The summed E-state index contributed by atoms with van der Waals surface area (Å²) in [5, 5.41) is 1.18. The van der Waals surface area contributed by atoms with E-state index in [-0.39, 0.29) is 5.91 Å². The summed E-state index contributed by atoms with van der Waals surface area (Å²) in [5.41, 5.74) is 7.67. The normalized spacial score (nSPS) is 16.6. The van der Waals surface area contributed by atoms with Crippen molar-refractivity contribution in [3.05, 3.63) is 64.4 Å². The van der Waals surface area contributed by atoms with Crippen LogP contribution in [0.1, 0.15) is 47.8 Å². The summed E-state index contributed by atoms with van der Waals surface area (Å²) in [5.74, 6) is 1.98. The Bertz CT molecular complexity index is 1260. The van der Waals surface area contributed by atoms with Crippen LogP contribution in [0, 0.1) is 13.8 Å². The van der Waals surface area contributed by atoms with Crippen molar-refractivity contribution < 1.29 is 13.9 Å². The number of benzene rings is 2. The fourth-order valence-corrected chi connectivity index (χ4v) is 5.46. The first-order chi connectivity index (χ1) is 16.5. The van der Waals surface area contributed by atoms with Gasteiger partial charge in [-0.15, -0.1) is 0 Å². The van der Waals surface area contributed by atoms with Gasteiger partial charge in [-0.3, -0.25) is 4.79 Å². The second kappa shape index (κ2) is 9.21. The van der Waals surface area contributed by atoms with Crippen molar-refractivity contribution in [3.63, 3.8) is 0 Å². The number of methoxy groups -OCH3 is 1. The van der Waals surface area contributed by atoms with Gasteiger partial charge in [0, 0.05) is 66.4 Å². The Morgan fingerprint density at radius 2 is 1.82 bits per heavy atom. The van der Waals surface area contributed by atoms with Crippen molar-refractivity contribution in [2.75, 3.05) is 38.2 Å². The highest BCUT2D eigenvalue weighted by Crippen LogP contribution is 2.41. The Hall–Kier alpha value is -3.21. The topological polar surface area (TPSA) is 45.9 Å². The minimum absolute atomic E-state index is 0.0652. The second-order valence-corrected chi connectivity index (χ2v) is 9.65. The van der Waals surface area contributed by atoms with Crippen LogP contribution >= 0.6 is 0 Å². The molecule has 5 nitrogen and oxygen atoms in total. The fraction of sp³-hybridized carbons (Fsp3) is 0.414. The van der Waals surface area contributed by atoms with E-state index < -0.39 is 0 Å². The average Bonchev–Trinajstić information content (AvgIpc) is 3.23. The molecule has 0 unspecified atom stereocenters. The molecule has 3 aromatic rings. The van der Waals surface area contributed by atoms with Gasteiger partial charge in [-0.25, -0.2) is 0 Å². The number of furan rings is 1. The van der Waals surface area contributed by atoms with Crippen LogP contribution in [0.3, 0.4) is 0 Å². The number of piperazine rings is 1. The van der Waals surface area contributed by atoms with Gasteiger partial charge in [0.2, 0.25) is 5.91 Å². The minimum atomic E-state index is 0.0652. The number of rotatable bonds is 4. The van der Waals surface area contributed by atoms with Gasteiger partial charge in [-0.2, -0.15) is 0 Å². The number of aryl methyl sites for hydroxylation is 4. The summed E-state index contributed by atoms with van der Waals surface area (Å²) in [6, 6.07) is 10.7. The van der Waals surface area contributed by atoms with Crippen molar-refractivity contribution in [1.29, 1.82) is 0 Å². The first kappa shape index (κ1) is 22.6. The van der Waals surface area contributed by atoms with Crippen LogP contribution in [0.15, 0.2) is 40.8 Å². The van der Waals surface area contributed by atoms with Gasteiger partial charge >= 0.3 is 0 Å². The molecule has 2 heterocycles. The number of hydrogen-bond donors (Lipinski definition) is 0. The summed E-state index contributed by atoms with van der Waals surface area (Å²) >= 11 is 0. The molecule has 1 saturated heterocycles. The molecule has 5 heteroatoms. The first-order valence-electron chi connectivity index (χ1n) is 12.4. The Balaban J connectivity index is 1.38. The average molecular weight is 459 g/mol. The van der Waals surface area contributed by atoms with Gasteiger partial charge in [0.05, 0.1) is 7.11 Å². The molecule has 2 aliphatic rings. The van der Waals surface area contributed by atoms with Crippen LogP contribution < -0.4 is 9.64 Å². The molecule has 1 aromatic heterocycles. The van der Waals surface area contributed by atoms with Gasteiger partial charge in [0.15, 0.2) is 0 Å². The van der Waals surface area contributed by atoms with Crippen LogP contribution in [0.4, 0.5) is 5.69 Å². The van der Waals surface area contributed by atoms with E-state index in [9.17, 15) is 4.79 Å². The van der Waals surface area contributed by atoms with E-state index in [1.165, 1.54) is 35.0 Å². The van der Waals surface area contributed by atoms with Crippen molar-refractivity contribution >= 4 is 28.1 Å². The predicted octanol–water partition coefficient (Wildman–Crippen LogP) is 5.69. The van der Waals surface area contributed by atoms with Gasteiger partial charge in [0.25, 0.3) is 0 Å². The first-order valence-corrected chi connectivity index (χ1v) is 12.4. The highest BCUT2D eigenvalue weighted by Gasteiger charge is 2.24. The summed E-state index contributed by atoms with van der Waals surface area (Å²) < 4.78 is 12.1. The predicted molar refractivity (Wildman–Crippen MR) is 138 cm³/mol. The van der Waals surface area contributed by atoms with E-state index >= 15 is 0 Å². The number of allylic oxidation sites excluding steroid dienone is 1. The highest BCUT2D eigenvalue weighted by molar-refractivity contribution is 5.98. The van der Waals surface area contributed by atoms with E-state index in [0.29, 0.717) is 0 Å². The lowest BCUT2D eigenvalue weighted by Gasteiger charge is -2.36. The van der Waals surface area contributed by atoms with Gasteiger partial charge in [0.1, 0.15) is 17.1 Å². The molecule has 5 rings (SSSR count). The molecule has 0 radical (unpaired) electrons. The number of hydrogen-bond acceptors (Lipinski definition) is 4. The Morgan fingerprint density at radius 1 is 1.06 bits per heavy atom. The number of amides is 1. The molecule has 1 aliphatic heterocycles. The van der Waals surface area contributed by atoms with Gasteiger partial charge < -0.3 is 19.0 Å². The molecule has 1 fully saturated rings. The number of fused-ring (bicyclic) bond motifs is 3. The van der Waals surface area contributed by atoms with Crippen molar-refractivity contribution in [3.8, 4) is 5.75 Å². The van der Waals surface area contributed by atoms with E-state index in [1.807, 2.05) is 11.8 Å². The SMILES string of the molecule is COc1c(/C(C)=C/C(=O)N2CCN(c3cccc(C)c3)CC2)cc2c3c(oc2c1C)CCCC3. The van der Waals surface area contributed by atoms with E-state index in [2.05, 4.69) is 49.1 Å². The molecule has 0 saturated carbocycles. The summed E-state index contributed by atoms with van der Waals surface area (Å²) in [7, 11) is 1.69. The molecule has 0 atom stereocenters. The lowest BCUT2D eigenvalue weighted by Crippen LogP contribution is -2.48. The Kier molecular flexibility index (Phi) is 6.11. The summed E-state index contributed by atoms with van der Waals surface area (Å²) in [6.07, 6.45) is 6.21. The molecule has 1 aliphatic carbocycles. The second-order valence-electron chi connectivity index (χ2n) is 9.65. The van der Waals surface area contributed by atoms with E-state index in [4.69, 9.17) is 9.15 Å². The molecule has 0 spiro atoms. The van der Waals surface area contributed by atoms with Crippen LogP contribution in [-0.4, -0.2) is 44.1 Å². The lowest BCUT2D eigenvalue weighted by molar-refractivity contribution is -0.126. The maximum Gasteiger partial charge on any atom is 0.246 e. The molecule has 178 valence electrons. The number of carbonyl (C=O) groups is 1. The van der Waals surface area contributed by atoms with Gasteiger partial charge in [-0.05, 0) is 69.4 Å². The largest absolute Gasteiger partial charge is 0.496 e. The maximum absolute atomic E-state index is 13.2. The highest BCUT2D eigenvalue weighted by atomic mass is 16.5.